The monoisotopic (exact) mass is 733 g/mol. The van der Waals surface area contributed by atoms with Crippen molar-refractivity contribution in [1.29, 1.82) is 0 Å². The molecule has 9 nitrogen and oxygen atoms in total. The average molecular weight is 733 g/mol. The zero-order chi connectivity index (χ0) is 37.0. The van der Waals surface area contributed by atoms with Crippen LogP contribution < -0.4 is 11.1 Å². The van der Waals surface area contributed by atoms with Gasteiger partial charge in [-0.1, -0.05) is 167 Å². The number of nitrogens with one attached hydrogen (secondary N) is 1. The molecule has 0 fully saturated rings. The van der Waals surface area contributed by atoms with Crippen LogP contribution in [0.4, 0.5) is 0 Å². The van der Waals surface area contributed by atoms with E-state index in [2.05, 4.69) is 31.3 Å². The fraction of sp³-hybridized carbons (Fsp3) is 0.925. The van der Waals surface area contributed by atoms with Crippen LogP contribution in [0.3, 0.4) is 0 Å². The second kappa shape index (κ2) is 36.6. The summed E-state index contributed by atoms with van der Waals surface area (Å²) in [7, 11) is -4.37. The summed E-state index contributed by atoms with van der Waals surface area (Å²) in [6.45, 7) is 4.01. The molecular formula is C40H81N2O7P. The largest absolute Gasteiger partial charge is 0.472 e. The Balaban J connectivity index is 4.18. The standard InChI is InChI=1S/C40H81N2O7P/c1-3-5-7-9-11-13-14-15-16-17-18-19-20-21-22-24-25-27-29-31-37(43)35-40(45)42-38(36-49-50(46,47)48-34-33-41)39(44)32-30-28-26-23-12-10-8-6-4-2/h19-20,37-39,43-44H,3-18,21-36,41H2,1-2H3,(H,42,45)(H,46,47)/b20-19-. The maximum atomic E-state index is 12.8. The van der Waals surface area contributed by atoms with Crippen LogP contribution in [0.25, 0.3) is 0 Å². The first-order valence-electron chi connectivity index (χ1n) is 20.9. The smallest absolute Gasteiger partial charge is 0.393 e. The van der Waals surface area contributed by atoms with Gasteiger partial charge >= 0.3 is 7.82 Å². The molecule has 0 rings (SSSR count). The molecule has 0 heterocycles. The van der Waals surface area contributed by atoms with Crippen LogP contribution in [0.1, 0.15) is 200 Å². The van der Waals surface area contributed by atoms with Crippen molar-refractivity contribution in [3.63, 3.8) is 0 Å². The van der Waals surface area contributed by atoms with Crippen LogP contribution in [-0.4, -0.2) is 59.0 Å². The highest BCUT2D eigenvalue weighted by atomic mass is 31.2. The lowest BCUT2D eigenvalue weighted by atomic mass is 10.0. The number of carbonyl (C=O) groups excluding carboxylic acids is 1. The maximum absolute atomic E-state index is 12.8. The SMILES string of the molecule is CCCCCCCCCCCC/C=C\CCCCCCCC(O)CC(=O)NC(COP(=O)(O)OCCN)C(O)CCCCCCCCCCC. The molecule has 0 spiro atoms. The Morgan fingerprint density at radius 2 is 1.08 bits per heavy atom. The third-order valence-corrected chi connectivity index (χ3v) is 10.4. The highest BCUT2D eigenvalue weighted by Gasteiger charge is 2.28. The van der Waals surface area contributed by atoms with Crippen molar-refractivity contribution in [2.75, 3.05) is 19.8 Å². The van der Waals surface area contributed by atoms with Gasteiger partial charge in [0.2, 0.25) is 5.91 Å². The lowest BCUT2D eigenvalue weighted by Crippen LogP contribution is -2.47. The van der Waals surface area contributed by atoms with Gasteiger partial charge in [-0.15, -0.1) is 0 Å². The van der Waals surface area contributed by atoms with Crippen molar-refractivity contribution in [2.45, 2.75) is 218 Å². The molecule has 0 radical (unpaired) electrons. The molecule has 1 amide bonds. The number of nitrogens with two attached hydrogens (primary N) is 1. The lowest BCUT2D eigenvalue weighted by molar-refractivity contribution is -0.125. The van der Waals surface area contributed by atoms with E-state index in [1.165, 1.54) is 122 Å². The minimum Gasteiger partial charge on any atom is -0.393 e. The topological polar surface area (TPSA) is 151 Å². The van der Waals surface area contributed by atoms with Gasteiger partial charge in [0.1, 0.15) is 0 Å². The molecule has 0 aromatic carbocycles. The van der Waals surface area contributed by atoms with E-state index in [4.69, 9.17) is 14.8 Å². The molecule has 50 heavy (non-hydrogen) atoms. The van der Waals surface area contributed by atoms with Gasteiger partial charge < -0.3 is 26.2 Å². The fourth-order valence-electron chi connectivity index (χ4n) is 6.23. The molecule has 0 aliphatic heterocycles. The maximum Gasteiger partial charge on any atom is 0.472 e. The summed E-state index contributed by atoms with van der Waals surface area (Å²) in [4.78, 5) is 22.7. The molecule has 0 aliphatic carbocycles. The van der Waals surface area contributed by atoms with Crippen molar-refractivity contribution in [3.05, 3.63) is 12.2 Å². The molecule has 0 aliphatic rings. The van der Waals surface area contributed by atoms with E-state index in [1.807, 2.05) is 0 Å². The van der Waals surface area contributed by atoms with E-state index in [1.54, 1.807) is 0 Å². The quantitative estimate of drug-likeness (QED) is 0.0238. The van der Waals surface area contributed by atoms with E-state index in [0.29, 0.717) is 12.8 Å². The third-order valence-electron chi connectivity index (χ3n) is 9.42. The Kier molecular flexibility index (Phi) is 36.0. The Hall–Kier alpha value is -0.800. The predicted molar refractivity (Wildman–Crippen MR) is 209 cm³/mol. The number of amides is 1. The van der Waals surface area contributed by atoms with Gasteiger partial charge in [-0.05, 0) is 38.5 Å². The lowest BCUT2D eigenvalue weighted by Gasteiger charge is -2.25. The molecule has 0 bridgehead atoms. The van der Waals surface area contributed by atoms with Crippen LogP contribution in [0.5, 0.6) is 0 Å². The number of rotatable bonds is 39. The van der Waals surface area contributed by atoms with Crippen LogP contribution >= 0.6 is 7.82 Å². The highest BCUT2D eigenvalue weighted by molar-refractivity contribution is 7.47. The number of carbonyl (C=O) groups is 1. The van der Waals surface area contributed by atoms with Gasteiger partial charge in [0, 0.05) is 6.54 Å². The summed E-state index contributed by atoms with van der Waals surface area (Å²) >= 11 is 0. The number of aliphatic hydroxyl groups is 2. The number of unbranched alkanes of at least 4 members (excludes halogenated alkanes) is 23. The van der Waals surface area contributed by atoms with E-state index >= 15 is 0 Å². The summed E-state index contributed by atoms with van der Waals surface area (Å²) in [6, 6.07) is -0.894. The Bertz CT molecular complexity index is 817. The molecular weight excluding hydrogens is 651 g/mol. The number of hydrogen-bond donors (Lipinski definition) is 5. The third kappa shape index (κ3) is 34.3. The van der Waals surface area contributed by atoms with Crippen molar-refractivity contribution in [2.24, 2.45) is 5.73 Å². The van der Waals surface area contributed by atoms with Crippen molar-refractivity contribution < 1.29 is 33.5 Å². The summed E-state index contributed by atoms with van der Waals surface area (Å²) in [5, 5.41) is 24.1. The number of phosphoric acid groups is 1. The van der Waals surface area contributed by atoms with Gasteiger partial charge in [0.25, 0.3) is 0 Å². The summed E-state index contributed by atoms with van der Waals surface area (Å²) in [6.07, 6.45) is 35.5. The average Bonchev–Trinajstić information content (AvgIpc) is 3.09. The van der Waals surface area contributed by atoms with E-state index in [0.717, 1.165) is 44.9 Å². The summed E-state index contributed by atoms with van der Waals surface area (Å²) < 4.78 is 22.0. The molecule has 0 aromatic rings. The molecule has 0 saturated heterocycles. The zero-order valence-electron chi connectivity index (χ0n) is 32.5. The molecule has 0 saturated carbocycles. The summed E-state index contributed by atoms with van der Waals surface area (Å²) in [5.41, 5.74) is 5.35. The summed E-state index contributed by atoms with van der Waals surface area (Å²) in [5.74, 6) is -0.419. The molecule has 4 unspecified atom stereocenters. The first-order chi connectivity index (χ1) is 24.3. The number of phosphoric ester groups is 1. The number of hydrogen-bond acceptors (Lipinski definition) is 7. The second-order valence-corrected chi connectivity index (χ2v) is 15.8. The normalized spacial score (nSPS) is 14.9. The van der Waals surface area contributed by atoms with Crippen LogP contribution in [0.15, 0.2) is 12.2 Å². The van der Waals surface area contributed by atoms with E-state index in [9.17, 15) is 24.5 Å². The van der Waals surface area contributed by atoms with Crippen LogP contribution in [0.2, 0.25) is 0 Å². The minimum absolute atomic E-state index is 0.0596. The Morgan fingerprint density at radius 1 is 0.660 bits per heavy atom. The first-order valence-corrected chi connectivity index (χ1v) is 22.4. The molecule has 298 valence electrons. The van der Waals surface area contributed by atoms with Crippen LogP contribution in [-0.2, 0) is 18.4 Å². The first kappa shape index (κ1) is 49.2. The number of aliphatic hydroxyl groups excluding tert-OH is 2. The van der Waals surface area contributed by atoms with Gasteiger partial charge in [-0.3, -0.25) is 13.8 Å². The van der Waals surface area contributed by atoms with Gasteiger partial charge in [-0.2, -0.15) is 0 Å². The number of allylic oxidation sites excluding steroid dienone is 2. The van der Waals surface area contributed by atoms with Crippen molar-refractivity contribution in [3.8, 4) is 0 Å². The zero-order valence-corrected chi connectivity index (χ0v) is 33.4. The Morgan fingerprint density at radius 3 is 1.54 bits per heavy atom. The fourth-order valence-corrected chi connectivity index (χ4v) is 6.99. The van der Waals surface area contributed by atoms with E-state index < -0.39 is 32.0 Å². The molecule has 4 atom stereocenters. The molecule has 10 heteroatoms. The van der Waals surface area contributed by atoms with Gasteiger partial charge in [-0.25, -0.2) is 4.57 Å². The van der Waals surface area contributed by atoms with Crippen LogP contribution in [0, 0.1) is 0 Å². The Labute approximate surface area is 307 Å². The highest BCUT2D eigenvalue weighted by Crippen LogP contribution is 2.43. The second-order valence-electron chi connectivity index (χ2n) is 14.4. The van der Waals surface area contributed by atoms with Gasteiger partial charge in [0.15, 0.2) is 0 Å². The molecule has 6 N–H and O–H groups in total. The minimum atomic E-state index is -4.37. The van der Waals surface area contributed by atoms with Gasteiger partial charge in [0.05, 0.1) is 37.9 Å². The molecule has 0 aromatic heterocycles. The van der Waals surface area contributed by atoms with Crippen molar-refractivity contribution in [1.82, 2.24) is 5.32 Å². The predicted octanol–water partition coefficient (Wildman–Crippen LogP) is 10.2. The van der Waals surface area contributed by atoms with Crippen molar-refractivity contribution >= 4 is 13.7 Å². The van der Waals surface area contributed by atoms with E-state index in [-0.39, 0.29) is 26.2 Å².